The predicted molar refractivity (Wildman–Crippen MR) is 69.8 cm³/mol. The molecular weight excluding hydrogens is 246 g/mol. The largest absolute Gasteiger partial charge is 0.481 e. The Kier molecular flexibility index (Phi) is 4.80. The van der Waals surface area contributed by atoms with Crippen LogP contribution in [-0.4, -0.2) is 46.7 Å². The molecule has 0 unspecified atom stereocenters. The van der Waals surface area contributed by atoms with Gasteiger partial charge in [0.1, 0.15) is 0 Å². The van der Waals surface area contributed by atoms with Gasteiger partial charge >= 0.3 is 5.97 Å². The lowest BCUT2D eigenvalue weighted by Crippen LogP contribution is -2.37. The van der Waals surface area contributed by atoms with Crippen molar-refractivity contribution in [1.29, 1.82) is 0 Å². The van der Waals surface area contributed by atoms with Gasteiger partial charge in [0.05, 0.1) is 18.6 Å². The van der Waals surface area contributed by atoms with Crippen molar-refractivity contribution in [3.8, 4) is 0 Å². The summed E-state index contributed by atoms with van der Waals surface area (Å²) in [5, 5.41) is 8.85. The zero-order valence-electron chi connectivity index (χ0n) is 11.5. The summed E-state index contributed by atoms with van der Waals surface area (Å²) in [4.78, 5) is 24.7. The maximum atomic E-state index is 12.2. The van der Waals surface area contributed by atoms with E-state index >= 15 is 0 Å². The number of nitrogens with zero attached hydrogens (tertiary/aromatic N) is 1. The summed E-state index contributed by atoms with van der Waals surface area (Å²) in [6.45, 7) is 2.77. The van der Waals surface area contributed by atoms with Crippen molar-refractivity contribution in [2.75, 3.05) is 6.54 Å². The van der Waals surface area contributed by atoms with E-state index in [-0.39, 0.29) is 24.5 Å². The summed E-state index contributed by atoms with van der Waals surface area (Å²) < 4.78 is 5.70. The third kappa shape index (κ3) is 3.93. The van der Waals surface area contributed by atoms with E-state index in [1.165, 1.54) is 0 Å². The highest BCUT2D eigenvalue weighted by Crippen LogP contribution is 2.25. The first-order valence-electron chi connectivity index (χ1n) is 7.23. The Balaban J connectivity index is 1.77. The van der Waals surface area contributed by atoms with Crippen LogP contribution in [-0.2, 0) is 14.3 Å². The molecule has 0 aromatic rings. The number of carbonyl (C=O) groups is 2. The normalized spacial score (nSPS) is 30.8. The Morgan fingerprint density at radius 2 is 2.11 bits per heavy atom. The molecule has 0 radical (unpaired) electrons. The van der Waals surface area contributed by atoms with Crippen LogP contribution in [0.5, 0.6) is 0 Å². The van der Waals surface area contributed by atoms with E-state index in [0.29, 0.717) is 19.1 Å². The van der Waals surface area contributed by atoms with Crippen molar-refractivity contribution in [1.82, 2.24) is 4.90 Å². The quantitative estimate of drug-likeness (QED) is 0.826. The van der Waals surface area contributed by atoms with Gasteiger partial charge < -0.3 is 14.7 Å². The van der Waals surface area contributed by atoms with E-state index in [4.69, 9.17) is 9.84 Å². The van der Waals surface area contributed by atoms with Crippen LogP contribution in [0.1, 0.15) is 51.9 Å². The average Bonchev–Trinajstić information content (AvgIpc) is 2.94. The van der Waals surface area contributed by atoms with Crippen molar-refractivity contribution < 1.29 is 19.4 Å². The van der Waals surface area contributed by atoms with Crippen LogP contribution in [0.3, 0.4) is 0 Å². The molecule has 2 aliphatic heterocycles. The number of hydrogen-bond donors (Lipinski definition) is 1. The molecule has 0 bridgehead atoms. The molecule has 2 heterocycles. The van der Waals surface area contributed by atoms with E-state index in [0.717, 1.165) is 32.1 Å². The second-order valence-electron chi connectivity index (χ2n) is 5.67. The fourth-order valence-electron chi connectivity index (χ4n) is 3.10. The molecule has 0 aromatic heterocycles. The molecule has 1 N–H and O–H groups in total. The Morgan fingerprint density at radius 1 is 1.32 bits per heavy atom. The molecule has 0 aliphatic carbocycles. The summed E-state index contributed by atoms with van der Waals surface area (Å²) in [6.07, 6.45) is 5.67. The highest BCUT2D eigenvalue weighted by Gasteiger charge is 2.31. The molecule has 0 spiro atoms. The monoisotopic (exact) mass is 269 g/mol. The first-order valence-corrected chi connectivity index (χ1v) is 7.23. The van der Waals surface area contributed by atoms with Gasteiger partial charge in [-0.15, -0.1) is 0 Å². The number of rotatable bonds is 5. The minimum Gasteiger partial charge on any atom is -0.481 e. The molecule has 0 aromatic carbocycles. The van der Waals surface area contributed by atoms with E-state index in [2.05, 4.69) is 6.92 Å². The number of hydrogen-bond acceptors (Lipinski definition) is 3. The van der Waals surface area contributed by atoms with Crippen LogP contribution < -0.4 is 0 Å². The SMILES string of the molecule is C[C@@H]1CC[C@H](CCC(=O)N2CCC[C@@H]2CC(=O)O)O1. The molecule has 2 aliphatic rings. The van der Waals surface area contributed by atoms with Crippen molar-refractivity contribution in [3.63, 3.8) is 0 Å². The maximum absolute atomic E-state index is 12.2. The minimum atomic E-state index is -0.822. The van der Waals surface area contributed by atoms with Crippen molar-refractivity contribution in [2.45, 2.75) is 70.1 Å². The molecule has 2 fully saturated rings. The van der Waals surface area contributed by atoms with Gasteiger partial charge in [0.2, 0.25) is 5.91 Å². The first-order chi connectivity index (χ1) is 9.06. The Morgan fingerprint density at radius 3 is 2.74 bits per heavy atom. The van der Waals surface area contributed by atoms with Gasteiger partial charge in [0.25, 0.3) is 0 Å². The molecule has 0 saturated carbocycles. The molecule has 108 valence electrons. The van der Waals surface area contributed by atoms with E-state index in [9.17, 15) is 9.59 Å². The zero-order chi connectivity index (χ0) is 13.8. The zero-order valence-corrected chi connectivity index (χ0v) is 11.5. The predicted octanol–water partition coefficient (Wildman–Crippen LogP) is 1.80. The van der Waals surface area contributed by atoms with Gasteiger partial charge in [-0.3, -0.25) is 9.59 Å². The number of likely N-dealkylation sites (tertiary alicyclic amines) is 1. The van der Waals surface area contributed by atoms with Crippen LogP contribution >= 0.6 is 0 Å². The lowest BCUT2D eigenvalue weighted by atomic mass is 10.1. The van der Waals surface area contributed by atoms with E-state index in [1.807, 2.05) is 0 Å². The average molecular weight is 269 g/mol. The second kappa shape index (κ2) is 6.37. The number of amides is 1. The fraction of sp³-hybridized carbons (Fsp3) is 0.857. The summed E-state index contributed by atoms with van der Waals surface area (Å²) in [7, 11) is 0. The Hall–Kier alpha value is -1.10. The summed E-state index contributed by atoms with van der Waals surface area (Å²) in [5.74, 6) is -0.732. The molecular formula is C14H23NO4. The third-order valence-corrected chi connectivity index (χ3v) is 4.11. The van der Waals surface area contributed by atoms with Gasteiger partial charge in [0, 0.05) is 19.0 Å². The number of carbonyl (C=O) groups excluding carboxylic acids is 1. The fourth-order valence-corrected chi connectivity index (χ4v) is 3.10. The summed E-state index contributed by atoms with van der Waals surface area (Å²) >= 11 is 0. The van der Waals surface area contributed by atoms with Crippen LogP contribution in [0, 0.1) is 0 Å². The smallest absolute Gasteiger partial charge is 0.305 e. The van der Waals surface area contributed by atoms with Crippen LogP contribution in [0.25, 0.3) is 0 Å². The molecule has 5 heteroatoms. The molecule has 2 rings (SSSR count). The number of carboxylic acid groups (broad SMARTS) is 1. The van der Waals surface area contributed by atoms with Crippen molar-refractivity contribution in [2.24, 2.45) is 0 Å². The van der Waals surface area contributed by atoms with Gasteiger partial charge in [-0.05, 0) is 39.0 Å². The highest BCUT2D eigenvalue weighted by molar-refractivity contribution is 5.78. The number of carboxylic acids is 1. The van der Waals surface area contributed by atoms with Crippen molar-refractivity contribution in [3.05, 3.63) is 0 Å². The summed E-state index contributed by atoms with van der Waals surface area (Å²) in [5.41, 5.74) is 0. The Bertz CT molecular complexity index is 344. The van der Waals surface area contributed by atoms with Gasteiger partial charge in [-0.25, -0.2) is 0 Å². The van der Waals surface area contributed by atoms with Gasteiger partial charge in [-0.2, -0.15) is 0 Å². The van der Waals surface area contributed by atoms with Crippen molar-refractivity contribution >= 4 is 11.9 Å². The van der Waals surface area contributed by atoms with Crippen LogP contribution in [0.15, 0.2) is 0 Å². The molecule has 19 heavy (non-hydrogen) atoms. The Labute approximate surface area is 113 Å². The van der Waals surface area contributed by atoms with Gasteiger partial charge in [0.15, 0.2) is 0 Å². The van der Waals surface area contributed by atoms with Gasteiger partial charge in [-0.1, -0.05) is 0 Å². The van der Waals surface area contributed by atoms with E-state index < -0.39 is 5.97 Å². The third-order valence-electron chi connectivity index (χ3n) is 4.11. The lowest BCUT2D eigenvalue weighted by molar-refractivity contribution is -0.140. The van der Waals surface area contributed by atoms with Crippen LogP contribution in [0.2, 0.25) is 0 Å². The van der Waals surface area contributed by atoms with E-state index in [1.54, 1.807) is 4.90 Å². The molecule has 1 amide bonds. The first kappa shape index (κ1) is 14.3. The molecule has 3 atom stereocenters. The highest BCUT2D eigenvalue weighted by atomic mass is 16.5. The topological polar surface area (TPSA) is 66.8 Å². The maximum Gasteiger partial charge on any atom is 0.305 e. The molecule has 2 saturated heterocycles. The summed E-state index contributed by atoms with van der Waals surface area (Å²) in [6, 6.07) is -0.103. The van der Waals surface area contributed by atoms with Crippen LogP contribution in [0.4, 0.5) is 0 Å². The minimum absolute atomic E-state index is 0.0721. The second-order valence-corrected chi connectivity index (χ2v) is 5.67. The lowest BCUT2D eigenvalue weighted by Gasteiger charge is -2.24. The number of ether oxygens (including phenoxy) is 1. The molecule has 5 nitrogen and oxygen atoms in total. The number of aliphatic carboxylic acids is 1. The standard InChI is InChI=1S/C14H23NO4/c1-10-4-5-12(19-10)6-7-13(16)15-8-2-3-11(15)9-14(17)18/h10-12H,2-9H2,1H3,(H,17,18)/t10-,11-,12-/m1/s1.